The van der Waals surface area contributed by atoms with E-state index in [0.29, 0.717) is 6.04 Å². The minimum absolute atomic E-state index is 0. The van der Waals surface area contributed by atoms with Gasteiger partial charge >= 0.3 is 0 Å². The number of para-hydroxylation sites is 1. The molecule has 1 unspecified atom stereocenters. The molecule has 0 aliphatic carbocycles. The summed E-state index contributed by atoms with van der Waals surface area (Å²) in [6, 6.07) is 11.0. The predicted octanol–water partition coefficient (Wildman–Crippen LogP) is 2.48. The van der Waals surface area contributed by atoms with E-state index in [9.17, 15) is 0 Å². The van der Waals surface area contributed by atoms with E-state index in [1.807, 2.05) is 18.5 Å². The van der Waals surface area contributed by atoms with Gasteiger partial charge in [-0.15, -0.1) is 12.4 Å². The quantitative estimate of drug-likeness (QED) is 0.942. The number of likely N-dealkylation sites (N-methyl/N-ethyl adjacent to an activating group) is 1. The number of imidazole rings is 1. The summed E-state index contributed by atoms with van der Waals surface area (Å²) in [5.74, 6) is 1.12. The van der Waals surface area contributed by atoms with Crippen LogP contribution in [0.4, 0.5) is 0 Å². The van der Waals surface area contributed by atoms with E-state index in [4.69, 9.17) is 0 Å². The van der Waals surface area contributed by atoms with Crippen molar-refractivity contribution in [2.45, 2.75) is 25.4 Å². The van der Waals surface area contributed by atoms with E-state index in [0.717, 1.165) is 18.9 Å². The van der Waals surface area contributed by atoms with Crippen LogP contribution in [-0.4, -0.2) is 40.6 Å². The van der Waals surface area contributed by atoms with E-state index in [-0.39, 0.29) is 12.4 Å². The fourth-order valence-electron chi connectivity index (χ4n) is 2.91. The molecule has 3 rings (SSSR count). The normalized spacial score (nSPS) is 19.2. The fraction of sp³-hybridized carbons (Fsp3) is 0.438. The molecular formula is C16H23ClN4. The van der Waals surface area contributed by atoms with Crippen LogP contribution < -0.4 is 5.32 Å². The Morgan fingerprint density at radius 3 is 2.86 bits per heavy atom. The van der Waals surface area contributed by atoms with E-state index >= 15 is 0 Å². The lowest BCUT2D eigenvalue weighted by Crippen LogP contribution is -2.44. The Hall–Kier alpha value is -1.36. The van der Waals surface area contributed by atoms with Gasteiger partial charge in [-0.3, -0.25) is 4.90 Å². The molecule has 0 bridgehead atoms. The Morgan fingerprint density at radius 2 is 2.10 bits per heavy atom. The lowest BCUT2D eigenvalue weighted by Gasteiger charge is -2.32. The van der Waals surface area contributed by atoms with Crippen molar-refractivity contribution in [2.24, 2.45) is 0 Å². The van der Waals surface area contributed by atoms with Gasteiger partial charge in [-0.25, -0.2) is 4.98 Å². The number of hydrogen-bond acceptors (Lipinski definition) is 3. The summed E-state index contributed by atoms with van der Waals surface area (Å²) in [5.41, 5.74) is 1.18. The van der Waals surface area contributed by atoms with Gasteiger partial charge in [-0.2, -0.15) is 0 Å². The standard InChI is InChI=1S/C16H22N4.ClH/c1-17-14-6-5-10-19(12-14)13-16-18-9-11-20(16)15-7-3-2-4-8-15;/h2-4,7-9,11,14,17H,5-6,10,12-13H2,1H3;1H. The van der Waals surface area contributed by atoms with Crippen molar-refractivity contribution in [1.82, 2.24) is 19.8 Å². The van der Waals surface area contributed by atoms with Gasteiger partial charge in [0.2, 0.25) is 0 Å². The third-order valence-corrected chi connectivity index (χ3v) is 4.03. The van der Waals surface area contributed by atoms with Crippen LogP contribution in [0.15, 0.2) is 42.7 Å². The molecule has 2 heterocycles. The molecule has 1 fully saturated rings. The molecule has 1 aliphatic heterocycles. The van der Waals surface area contributed by atoms with Gasteiger partial charge in [0.05, 0.1) is 6.54 Å². The minimum Gasteiger partial charge on any atom is -0.316 e. The molecular weight excluding hydrogens is 284 g/mol. The van der Waals surface area contributed by atoms with E-state index in [1.54, 1.807) is 0 Å². The molecule has 1 N–H and O–H groups in total. The summed E-state index contributed by atoms with van der Waals surface area (Å²) in [6.07, 6.45) is 6.48. The van der Waals surface area contributed by atoms with Crippen molar-refractivity contribution in [3.8, 4) is 5.69 Å². The maximum atomic E-state index is 4.54. The molecule has 2 aromatic rings. The van der Waals surface area contributed by atoms with Crippen molar-refractivity contribution in [2.75, 3.05) is 20.1 Å². The van der Waals surface area contributed by atoms with Crippen molar-refractivity contribution in [3.05, 3.63) is 48.5 Å². The van der Waals surface area contributed by atoms with E-state index in [1.165, 1.54) is 25.1 Å². The second kappa shape index (κ2) is 7.59. The molecule has 4 nitrogen and oxygen atoms in total. The monoisotopic (exact) mass is 306 g/mol. The van der Waals surface area contributed by atoms with Gasteiger partial charge in [0.15, 0.2) is 0 Å². The van der Waals surface area contributed by atoms with Crippen molar-refractivity contribution in [3.63, 3.8) is 0 Å². The highest BCUT2D eigenvalue weighted by Gasteiger charge is 2.19. The Kier molecular flexibility index (Phi) is 5.79. The van der Waals surface area contributed by atoms with Gasteiger partial charge in [0.25, 0.3) is 0 Å². The summed E-state index contributed by atoms with van der Waals surface area (Å²) in [4.78, 5) is 7.03. The first-order chi connectivity index (χ1) is 9.86. The molecule has 0 saturated carbocycles. The van der Waals surface area contributed by atoms with Crippen LogP contribution >= 0.6 is 12.4 Å². The molecule has 1 aromatic carbocycles. The highest BCUT2D eigenvalue weighted by atomic mass is 35.5. The number of halogens is 1. The Balaban J connectivity index is 0.00000161. The number of hydrogen-bond donors (Lipinski definition) is 1. The molecule has 1 aromatic heterocycles. The summed E-state index contributed by atoms with van der Waals surface area (Å²) in [5, 5.41) is 3.39. The van der Waals surface area contributed by atoms with Crippen LogP contribution in [0.2, 0.25) is 0 Å². The highest BCUT2D eigenvalue weighted by Crippen LogP contribution is 2.15. The van der Waals surface area contributed by atoms with Crippen molar-refractivity contribution in [1.29, 1.82) is 0 Å². The summed E-state index contributed by atoms with van der Waals surface area (Å²) in [7, 11) is 2.05. The maximum Gasteiger partial charge on any atom is 0.127 e. The average Bonchev–Trinajstić information content (AvgIpc) is 2.96. The zero-order chi connectivity index (χ0) is 13.8. The summed E-state index contributed by atoms with van der Waals surface area (Å²) in [6.45, 7) is 3.19. The Morgan fingerprint density at radius 1 is 1.29 bits per heavy atom. The minimum atomic E-state index is 0. The molecule has 0 amide bonds. The van der Waals surface area contributed by atoms with Crippen LogP contribution in [0.5, 0.6) is 0 Å². The Bertz CT molecular complexity index is 540. The molecule has 1 aliphatic rings. The number of nitrogens with zero attached hydrogens (tertiary/aromatic N) is 3. The van der Waals surface area contributed by atoms with E-state index in [2.05, 4.69) is 51.1 Å². The van der Waals surface area contributed by atoms with E-state index < -0.39 is 0 Å². The molecule has 0 radical (unpaired) electrons. The second-order valence-electron chi connectivity index (χ2n) is 5.41. The number of rotatable bonds is 4. The third kappa shape index (κ3) is 3.84. The van der Waals surface area contributed by atoms with Gasteiger partial charge in [-0.05, 0) is 38.6 Å². The molecule has 1 atom stereocenters. The number of benzene rings is 1. The van der Waals surface area contributed by atoms with Gasteiger partial charge in [0, 0.05) is 30.7 Å². The number of likely N-dealkylation sites (tertiary alicyclic amines) is 1. The van der Waals surface area contributed by atoms with Crippen LogP contribution in [-0.2, 0) is 6.54 Å². The molecule has 21 heavy (non-hydrogen) atoms. The summed E-state index contributed by atoms with van der Waals surface area (Å²) < 4.78 is 2.18. The van der Waals surface area contributed by atoms with Crippen LogP contribution in [0, 0.1) is 0 Å². The van der Waals surface area contributed by atoms with Gasteiger partial charge < -0.3 is 9.88 Å². The SMILES string of the molecule is CNC1CCCN(Cc2nccn2-c2ccccc2)C1.Cl. The number of aromatic nitrogens is 2. The lowest BCUT2D eigenvalue weighted by atomic mass is 10.1. The largest absolute Gasteiger partial charge is 0.316 e. The topological polar surface area (TPSA) is 33.1 Å². The summed E-state index contributed by atoms with van der Waals surface area (Å²) >= 11 is 0. The first kappa shape index (κ1) is 16.0. The molecule has 1 saturated heterocycles. The lowest BCUT2D eigenvalue weighted by molar-refractivity contribution is 0.183. The zero-order valence-electron chi connectivity index (χ0n) is 12.4. The van der Waals surface area contributed by atoms with Crippen LogP contribution in [0.3, 0.4) is 0 Å². The molecule has 5 heteroatoms. The predicted molar refractivity (Wildman–Crippen MR) is 88.2 cm³/mol. The van der Waals surface area contributed by atoms with Crippen LogP contribution in [0.1, 0.15) is 18.7 Å². The number of nitrogens with one attached hydrogen (secondary N) is 1. The van der Waals surface area contributed by atoms with Gasteiger partial charge in [-0.1, -0.05) is 18.2 Å². The average molecular weight is 307 g/mol. The Labute approximate surface area is 132 Å². The zero-order valence-corrected chi connectivity index (χ0v) is 13.2. The second-order valence-corrected chi connectivity index (χ2v) is 5.41. The van der Waals surface area contributed by atoms with Gasteiger partial charge in [0.1, 0.15) is 5.82 Å². The maximum absolute atomic E-state index is 4.54. The molecule has 114 valence electrons. The first-order valence-corrected chi connectivity index (χ1v) is 7.34. The van der Waals surface area contributed by atoms with Crippen molar-refractivity contribution < 1.29 is 0 Å². The smallest absolute Gasteiger partial charge is 0.127 e. The first-order valence-electron chi connectivity index (χ1n) is 7.34. The highest BCUT2D eigenvalue weighted by molar-refractivity contribution is 5.85. The third-order valence-electron chi connectivity index (χ3n) is 4.03. The molecule has 0 spiro atoms. The van der Waals surface area contributed by atoms with Crippen molar-refractivity contribution >= 4 is 12.4 Å². The van der Waals surface area contributed by atoms with Crippen LogP contribution in [0.25, 0.3) is 5.69 Å². The fourth-order valence-corrected chi connectivity index (χ4v) is 2.91. The number of piperidine rings is 1.